The Hall–Kier alpha value is -2.04. The van der Waals surface area contributed by atoms with Gasteiger partial charge in [0.05, 0.1) is 18.2 Å². The van der Waals surface area contributed by atoms with Gasteiger partial charge < -0.3 is 4.74 Å². The highest BCUT2D eigenvalue weighted by Gasteiger charge is 2.10. The number of esters is 1. The van der Waals surface area contributed by atoms with E-state index in [9.17, 15) is 4.79 Å². The summed E-state index contributed by atoms with van der Waals surface area (Å²) in [4.78, 5) is 11.4. The predicted octanol–water partition coefficient (Wildman–Crippen LogP) is 2.57. The van der Waals surface area contributed by atoms with Crippen LogP contribution in [-0.4, -0.2) is 21.2 Å². The first-order chi connectivity index (χ1) is 8.37. The normalized spacial score (nSPS) is 9.94. The van der Waals surface area contributed by atoms with Crippen molar-refractivity contribution in [2.45, 2.75) is 19.6 Å². The zero-order chi connectivity index (χ0) is 13.8. The minimum absolute atomic E-state index is 0.413. The molecule has 18 heavy (non-hydrogen) atoms. The highest BCUT2D eigenvalue weighted by atomic mass is 28.3. The average Bonchev–Trinajstić information content (AvgIpc) is 2.34. The maximum Gasteiger partial charge on any atom is 0.337 e. The average molecular weight is 257 g/mol. The third kappa shape index (κ3) is 3.76. The quantitative estimate of drug-likeness (QED) is 0.441. The van der Waals surface area contributed by atoms with E-state index in [1.807, 2.05) is 0 Å². The second kappa shape index (κ2) is 5.53. The number of ether oxygens (including phenoxy) is 1. The van der Waals surface area contributed by atoms with Gasteiger partial charge >= 0.3 is 5.97 Å². The lowest BCUT2D eigenvalue weighted by Crippen LogP contribution is -2.16. The van der Waals surface area contributed by atoms with Crippen LogP contribution in [0.4, 0.5) is 0 Å². The lowest BCUT2D eigenvalue weighted by molar-refractivity contribution is 0.0600. The van der Waals surface area contributed by atoms with Crippen LogP contribution in [0.5, 0.6) is 0 Å². The summed E-state index contributed by atoms with van der Waals surface area (Å²) in [5, 5.41) is 9.01. The van der Waals surface area contributed by atoms with Gasteiger partial charge in [-0.3, -0.25) is 0 Å². The van der Waals surface area contributed by atoms with E-state index in [0.717, 1.165) is 0 Å². The molecule has 0 N–H and O–H groups in total. The number of hydrogen-bond donors (Lipinski definition) is 0. The fraction of sp³-hybridized carbons (Fsp3) is 0.286. The molecule has 4 heteroatoms. The van der Waals surface area contributed by atoms with E-state index < -0.39 is 14.0 Å². The summed E-state index contributed by atoms with van der Waals surface area (Å²) in [5.74, 6) is 2.58. The van der Waals surface area contributed by atoms with Gasteiger partial charge in [-0.2, -0.15) is 5.26 Å². The highest BCUT2D eigenvalue weighted by molar-refractivity contribution is 6.83. The molecule has 0 saturated heterocycles. The summed E-state index contributed by atoms with van der Waals surface area (Å²) in [5.41, 5.74) is 4.66. The molecule has 0 radical (unpaired) electrons. The van der Waals surface area contributed by atoms with Gasteiger partial charge in [-0.1, -0.05) is 25.6 Å². The number of rotatable bonds is 1. The van der Waals surface area contributed by atoms with E-state index in [4.69, 9.17) is 5.26 Å². The van der Waals surface area contributed by atoms with Crippen LogP contribution in [0.1, 0.15) is 21.5 Å². The lowest BCUT2D eigenvalue weighted by atomic mass is 10.1. The Balaban J connectivity index is 3.27. The highest BCUT2D eigenvalue weighted by Crippen LogP contribution is 2.12. The summed E-state index contributed by atoms with van der Waals surface area (Å²) >= 11 is 0. The standard InChI is InChI=1S/C14H15NO2Si/c1-17-14(16)12-5-6-13(10-15)11(9-12)7-8-18(2,3)4/h5-6,9H,1-4H3. The van der Waals surface area contributed by atoms with E-state index in [1.165, 1.54) is 7.11 Å². The zero-order valence-electron chi connectivity index (χ0n) is 11.0. The molecule has 0 atom stereocenters. The molecule has 0 amide bonds. The van der Waals surface area contributed by atoms with Crippen LogP contribution >= 0.6 is 0 Å². The van der Waals surface area contributed by atoms with Crippen molar-refractivity contribution in [3.05, 3.63) is 34.9 Å². The number of benzene rings is 1. The molecule has 0 bridgehead atoms. The predicted molar refractivity (Wildman–Crippen MR) is 72.7 cm³/mol. The molecule has 0 aliphatic rings. The second-order valence-corrected chi connectivity index (χ2v) is 9.61. The van der Waals surface area contributed by atoms with E-state index >= 15 is 0 Å². The molecule has 0 aliphatic heterocycles. The van der Waals surface area contributed by atoms with Crippen molar-refractivity contribution in [3.8, 4) is 17.5 Å². The Kier molecular flexibility index (Phi) is 4.31. The summed E-state index contributed by atoms with van der Waals surface area (Å²) in [6.07, 6.45) is 0. The van der Waals surface area contributed by atoms with Gasteiger partial charge in [0.15, 0.2) is 0 Å². The smallest absolute Gasteiger partial charge is 0.337 e. The van der Waals surface area contributed by atoms with E-state index in [2.05, 4.69) is 41.9 Å². The van der Waals surface area contributed by atoms with Gasteiger partial charge in [-0.05, 0) is 18.2 Å². The number of carbonyl (C=O) groups excluding carboxylic acids is 1. The molecule has 1 aromatic carbocycles. The Morgan fingerprint density at radius 2 is 1.94 bits per heavy atom. The SMILES string of the molecule is COC(=O)c1ccc(C#N)c(C#C[Si](C)(C)C)c1. The first-order valence-electron chi connectivity index (χ1n) is 5.53. The monoisotopic (exact) mass is 257 g/mol. The third-order valence-electron chi connectivity index (χ3n) is 2.13. The molecule has 0 spiro atoms. The topological polar surface area (TPSA) is 50.1 Å². The molecular weight excluding hydrogens is 242 g/mol. The van der Waals surface area contributed by atoms with Crippen LogP contribution in [0.2, 0.25) is 19.6 Å². The van der Waals surface area contributed by atoms with Crippen LogP contribution in [0.15, 0.2) is 18.2 Å². The van der Waals surface area contributed by atoms with Crippen molar-refractivity contribution in [1.29, 1.82) is 5.26 Å². The summed E-state index contributed by atoms with van der Waals surface area (Å²) in [6, 6.07) is 6.86. The second-order valence-electron chi connectivity index (χ2n) is 4.86. The maximum atomic E-state index is 11.4. The largest absolute Gasteiger partial charge is 0.465 e. The van der Waals surface area contributed by atoms with Gasteiger partial charge in [0.2, 0.25) is 0 Å². The fourth-order valence-corrected chi connectivity index (χ4v) is 1.75. The van der Waals surface area contributed by atoms with Crippen LogP contribution in [0, 0.1) is 22.8 Å². The number of nitriles is 1. The molecule has 0 fully saturated rings. The first kappa shape index (κ1) is 14.0. The molecule has 0 unspecified atom stereocenters. The molecular formula is C14H15NO2Si. The number of carbonyl (C=O) groups is 1. The minimum atomic E-state index is -1.52. The van der Waals surface area contributed by atoms with Crippen LogP contribution < -0.4 is 0 Å². The summed E-state index contributed by atoms with van der Waals surface area (Å²) in [6.45, 7) is 6.36. The van der Waals surface area contributed by atoms with Gasteiger partial charge in [0, 0.05) is 5.56 Å². The zero-order valence-corrected chi connectivity index (χ0v) is 12.0. The van der Waals surface area contributed by atoms with Crippen LogP contribution in [-0.2, 0) is 4.74 Å². The van der Waals surface area contributed by atoms with Crippen molar-refractivity contribution in [3.63, 3.8) is 0 Å². The minimum Gasteiger partial charge on any atom is -0.465 e. The Morgan fingerprint density at radius 1 is 1.28 bits per heavy atom. The van der Waals surface area contributed by atoms with E-state index in [1.54, 1.807) is 18.2 Å². The lowest BCUT2D eigenvalue weighted by Gasteiger charge is -2.05. The Morgan fingerprint density at radius 3 is 2.44 bits per heavy atom. The molecule has 1 aromatic rings. The summed E-state index contributed by atoms with van der Waals surface area (Å²) < 4.78 is 4.65. The Bertz CT molecular complexity index is 568. The summed E-state index contributed by atoms with van der Waals surface area (Å²) in [7, 11) is -0.188. The van der Waals surface area contributed by atoms with Crippen molar-refractivity contribution in [1.82, 2.24) is 0 Å². The molecule has 0 aliphatic carbocycles. The van der Waals surface area contributed by atoms with Crippen LogP contribution in [0.25, 0.3) is 0 Å². The molecule has 0 heterocycles. The van der Waals surface area contributed by atoms with Crippen molar-refractivity contribution in [2.75, 3.05) is 7.11 Å². The molecule has 92 valence electrons. The van der Waals surface area contributed by atoms with Gasteiger partial charge in [-0.15, -0.1) is 5.54 Å². The fourth-order valence-electron chi connectivity index (χ4n) is 1.24. The van der Waals surface area contributed by atoms with Gasteiger partial charge in [0.1, 0.15) is 14.1 Å². The molecule has 0 saturated carbocycles. The number of methoxy groups -OCH3 is 1. The van der Waals surface area contributed by atoms with E-state index in [-0.39, 0.29) is 0 Å². The van der Waals surface area contributed by atoms with Crippen LogP contribution in [0.3, 0.4) is 0 Å². The van der Waals surface area contributed by atoms with Gasteiger partial charge in [0.25, 0.3) is 0 Å². The molecule has 3 nitrogen and oxygen atoms in total. The van der Waals surface area contributed by atoms with Crippen molar-refractivity contribution in [2.24, 2.45) is 0 Å². The third-order valence-corrected chi connectivity index (χ3v) is 3.01. The van der Waals surface area contributed by atoms with Crippen molar-refractivity contribution >= 4 is 14.0 Å². The first-order valence-corrected chi connectivity index (χ1v) is 9.03. The van der Waals surface area contributed by atoms with E-state index in [0.29, 0.717) is 16.7 Å². The number of nitrogens with zero attached hydrogens (tertiary/aromatic N) is 1. The Labute approximate surface area is 108 Å². The number of hydrogen-bond acceptors (Lipinski definition) is 3. The molecule has 0 aromatic heterocycles. The maximum absolute atomic E-state index is 11.4. The van der Waals surface area contributed by atoms with Crippen molar-refractivity contribution < 1.29 is 9.53 Å². The molecule has 1 rings (SSSR count). The van der Waals surface area contributed by atoms with Gasteiger partial charge in [-0.25, -0.2) is 4.79 Å².